The number of aryl methyl sites for hydroxylation is 1. The molecule has 0 bridgehead atoms. The molecule has 2 N–H and O–H groups in total. The summed E-state index contributed by atoms with van der Waals surface area (Å²) in [6, 6.07) is 10.5. The zero-order valence-corrected chi connectivity index (χ0v) is 18.8. The van der Waals surface area contributed by atoms with Gasteiger partial charge in [-0.1, -0.05) is 18.2 Å². The van der Waals surface area contributed by atoms with Crippen molar-refractivity contribution in [1.29, 1.82) is 0 Å². The summed E-state index contributed by atoms with van der Waals surface area (Å²) in [7, 11) is 0. The summed E-state index contributed by atoms with van der Waals surface area (Å²) in [6.45, 7) is 4.74. The van der Waals surface area contributed by atoms with E-state index in [1.54, 1.807) is 17.9 Å². The van der Waals surface area contributed by atoms with Gasteiger partial charge in [-0.2, -0.15) is 0 Å². The molecule has 1 aromatic carbocycles. The number of amides is 3. The minimum absolute atomic E-state index is 0.0412. The highest BCUT2D eigenvalue weighted by Gasteiger charge is 2.28. The van der Waals surface area contributed by atoms with Crippen LogP contribution in [0.2, 0.25) is 0 Å². The van der Waals surface area contributed by atoms with Gasteiger partial charge in [-0.3, -0.25) is 14.4 Å². The van der Waals surface area contributed by atoms with Crippen molar-refractivity contribution in [2.24, 2.45) is 0 Å². The van der Waals surface area contributed by atoms with E-state index in [4.69, 9.17) is 0 Å². The smallest absolute Gasteiger partial charge is 0.262 e. The number of rotatable bonds is 5. The Kier molecular flexibility index (Phi) is 7.08. The maximum absolute atomic E-state index is 12.7. The Morgan fingerprint density at radius 2 is 1.79 bits per heavy atom. The van der Waals surface area contributed by atoms with Crippen molar-refractivity contribution < 1.29 is 14.4 Å². The summed E-state index contributed by atoms with van der Waals surface area (Å²) in [4.78, 5) is 39.7. The molecule has 3 rings (SSSR count). The average Bonchev–Trinajstić information content (AvgIpc) is 3.14. The monoisotopic (exact) mass is 477 g/mol. The molecule has 1 fully saturated rings. The van der Waals surface area contributed by atoms with Crippen molar-refractivity contribution in [2.75, 3.05) is 13.1 Å². The second kappa shape index (κ2) is 9.54. The van der Waals surface area contributed by atoms with Crippen LogP contribution in [0.5, 0.6) is 0 Å². The summed E-state index contributed by atoms with van der Waals surface area (Å²) < 4.78 is 0.872. The summed E-state index contributed by atoms with van der Waals surface area (Å²) in [5, 5.41) is 5.84. The number of piperidine rings is 1. The SMILES string of the molecule is Cc1ccccc1C(=O)NC1CCN(C(=O)C(C)NC(=O)c2ccc(Br)s2)CC1. The Hall–Kier alpha value is -2.19. The molecule has 0 aliphatic carbocycles. The standard InChI is InChI=1S/C21H24BrN3O3S/c1-13-5-3-4-6-16(13)19(26)24-15-9-11-25(12-10-15)21(28)14(2)23-20(27)17-7-8-18(22)29-17/h3-8,14-15H,9-12H2,1-2H3,(H,23,27)(H,24,26). The van der Waals surface area contributed by atoms with Crippen molar-refractivity contribution in [3.8, 4) is 0 Å². The number of thiophene rings is 1. The molecule has 1 atom stereocenters. The molecule has 6 nitrogen and oxygen atoms in total. The highest BCUT2D eigenvalue weighted by Crippen LogP contribution is 2.22. The van der Waals surface area contributed by atoms with Crippen molar-refractivity contribution >= 4 is 45.0 Å². The van der Waals surface area contributed by atoms with E-state index in [9.17, 15) is 14.4 Å². The Morgan fingerprint density at radius 3 is 2.41 bits per heavy atom. The number of halogens is 1. The number of likely N-dealkylation sites (tertiary alicyclic amines) is 1. The fourth-order valence-electron chi connectivity index (χ4n) is 3.37. The van der Waals surface area contributed by atoms with Crippen LogP contribution in [0, 0.1) is 6.92 Å². The van der Waals surface area contributed by atoms with Gasteiger partial charge < -0.3 is 15.5 Å². The lowest BCUT2D eigenvalue weighted by Crippen LogP contribution is -2.52. The normalized spacial score (nSPS) is 15.6. The first-order valence-corrected chi connectivity index (χ1v) is 11.2. The van der Waals surface area contributed by atoms with E-state index in [0.29, 0.717) is 36.4 Å². The molecule has 2 heterocycles. The molecule has 1 aromatic heterocycles. The van der Waals surface area contributed by atoms with Gasteiger partial charge in [-0.15, -0.1) is 11.3 Å². The molecule has 2 aromatic rings. The summed E-state index contributed by atoms with van der Waals surface area (Å²) in [5.41, 5.74) is 1.63. The first-order valence-electron chi connectivity index (χ1n) is 9.56. The Morgan fingerprint density at radius 1 is 1.10 bits per heavy atom. The zero-order chi connectivity index (χ0) is 21.0. The third-order valence-corrected chi connectivity index (χ3v) is 6.67. The van der Waals surface area contributed by atoms with Gasteiger partial charge in [0.05, 0.1) is 8.66 Å². The van der Waals surface area contributed by atoms with Crippen LogP contribution in [0.25, 0.3) is 0 Å². The second-order valence-electron chi connectivity index (χ2n) is 7.19. The summed E-state index contributed by atoms with van der Waals surface area (Å²) in [6.07, 6.45) is 1.39. The summed E-state index contributed by atoms with van der Waals surface area (Å²) >= 11 is 4.66. The van der Waals surface area contributed by atoms with Gasteiger partial charge in [0, 0.05) is 24.7 Å². The summed E-state index contributed by atoms with van der Waals surface area (Å²) in [5.74, 6) is -0.421. The van der Waals surface area contributed by atoms with E-state index in [1.807, 2.05) is 37.3 Å². The first-order chi connectivity index (χ1) is 13.8. The molecule has 0 saturated carbocycles. The Labute approximate surface area is 182 Å². The minimum Gasteiger partial charge on any atom is -0.349 e. The lowest BCUT2D eigenvalue weighted by Gasteiger charge is -2.34. The highest BCUT2D eigenvalue weighted by molar-refractivity contribution is 9.11. The number of benzene rings is 1. The first kappa shape index (κ1) is 21.5. The molecule has 1 aliphatic heterocycles. The number of carbonyl (C=O) groups excluding carboxylic acids is 3. The molecular formula is C21H24BrN3O3S. The maximum atomic E-state index is 12.7. The highest BCUT2D eigenvalue weighted by atomic mass is 79.9. The van der Waals surface area contributed by atoms with Crippen LogP contribution >= 0.6 is 27.3 Å². The second-order valence-corrected chi connectivity index (χ2v) is 9.65. The Balaban J connectivity index is 1.48. The number of nitrogens with zero attached hydrogens (tertiary/aromatic N) is 1. The maximum Gasteiger partial charge on any atom is 0.262 e. The third-order valence-electron chi connectivity index (χ3n) is 5.05. The topological polar surface area (TPSA) is 78.5 Å². The van der Waals surface area contributed by atoms with Crippen LogP contribution in [0.3, 0.4) is 0 Å². The van der Waals surface area contributed by atoms with Gasteiger partial charge in [-0.25, -0.2) is 0 Å². The van der Waals surface area contributed by atoms with Crippen molar-refractivity contribution in [2.45, 2.75) is 38.8 Å². The van der Waals surface area contributed by atoms with Crippen molar-refractivity contribution in [1.82, 2.24) is 15.5 Å². The molecule has 29 heavy (non-hydrogen) atoms. The van der Waals surface area contributed by atoms with Gasteiger partial charge >= 0.3 is 0 Å². The molecule has 154 valence electrons. The fourth-order valence-corrected chi connectivity index (χ4v) is 4.66. The van der Waals surface area contributed by atoms with E-state index in [-0.39, 0.29) is 23.8 Å². The molecular weight excluding hydrogens is 454 g/mol. The molecule has 1 unspecified atom stereocenters. The van der Waals surface area contributed by atoms with E-state index in [1.165, 1.54) is 11.3 Å². The lowest BCUT2D eigenvalue weighted by atomic mass is 10.0. The minimum atomic E-state index is -0.596. The van der Waals surface area contributed by atoms with Crippen LogP contribution in [-0.4, -0.2) is 47.8 Å². The largest absolute Gasteiger partial charge is 0.349 e. The Bertz CT molecular complexity index is 906. The molecule has 0 spiro atoms. The van der Waals surface area contributed by atoms with Gasteiger partial charge in [0.1, 0.15) is 6.04 Å². The van der Waals surface area contributed by atoms with Gasteiger partial charge in [0.2, 0.25) is 5.91 Å². The lowest BCUT2D eigenvalue weighted by molar-refractivity contribution is -0.133. The third kappa shape index (κ3) is 5.45. The van der Waals surface area contributed by atoms with Gasteiger partial charge in [0.25, 0.3) is 11.8 Å². The van der Waals surface area contributed by atoms with Crippen LogP contribution in [0.4, 0.5) is 0 Å². The predicted molar refractivity (Wildman–Crippen MR) is 117 cm³/mol. The predicted octanol–water partition coefficient (Wildman–Crippen LogP) is 3.36. The van der Waals surface area contributed by atoms with E-state index >= 15 is 0 Å². The van der Waals surface area contributed by atoms with E-state index in [2.05, 4.69) is 26.6 Å². The van der Waals surface area contributed by atoms with Crippen LogP contribution < -0.4 is 10.6 Å². The molecule has 8 heteroatoms. The zero-order valence-electron chi connectivity index (χ0n) is 16.4. The fraction of sp³-hybridized carbons (Fsp3) is 0.381. The molecule has 0 radical (unpaired) electrons. The quantitative estimate of drug-likeness (QED) is 0.692. The van der Waals surface area contributed by atoms with E-state index < -0.39 is 6.04 Å². The molecule has 1 aliphatic rings. The average molecular weight is 478 g/mol. The molecule has 3 amide bonds. The van der Waals surface area contributed by atoms with Crippen LogP contribution in [-0.2, 0) is 4.79 Å². The van der Waals surface area contributed by atoms with Crippen LogP contribution in [0.15, 0.2) is 40.2 Å². The van der Waals surface area contributed by atoms with E-state index in [0.717, 1.165) is 9.35 Å². The molecule has 1 saturated heterocycles. The number of hydrogen-bond acceptors (Lipinski definition) is 4. The number of nitrogens with one attached hydrogen (secondary N) is 2. The number of hydrogen-bond donors (Lipinski definition) is 2. The van der Waals surface area contributed by atoms with Crippen molar-refractivity contribution in [3.63, 3.8) is 0 Å². The number of carbonyl (C=O) groups is 3. The van der Waals surface area contributed by atoms with Crippen molar-refractivity contribution in [3.05, 3.63) is 56.2 Å². The van der Waals surface area contributed by atoms with Gasteiger partial charge in [0.15, 0.2) is 0 Å². The van der Waals surface area contributed by atoms with Gasteiger partial charge in [-0.05, 0) is 66.4 Å². The van der Waals surface area contributed by atoms with Crippen LogP contribution in [0.1, 0.15) is 45.4 Å².